The zero-order valence-electron chi connectivity index (χ0n) is 9.65. The lowest BCUT2D eigenvalue weighted by atomic mass is 10.1. The first-order chi connectivity index (χ1) is 8.25. The predicted octanol–water partition coefficient (Wildman–Crippen LogP) is 1.84. The average Bonchev–Trinajstić information content (AvgIpc) is 2.83. The van der Waals surface area contributed by atoms with Gasteiger partial charge in [0.1, 0.15) is 18.0 Å². The van der Waals surface area contributed by atoms with Crippen molar-refractivity contribution in [3.63, 3.8) is 0 Å². The third-order valence-corrected chi connectivity index (χ3v) is 2.65. The zero-order chi connectivity index (χ0) is 12.1. The van der Waals surface area contributed by atoms with Gasteiger partial charge in [0.05, 0.1) is 0 Å². The first-order valence-corrected chi connectivity index (χ1v) is 5.59. The van der Waals surface area contributed by atoms with Gasteiger partial charge in [-0.15, -0.1) is 0 Å². The van der Waals surface area contributed by atoms with Crippen molar-refractivity contribution in [1.82, 2.24) is 20.5 Å². The molecular formula is C12H15FN4. The molecule has 1 atom stereocenters. The van der Waals surface area contributed by atoms with E-state index >= 15 is 0 Å². The lowest BCUT2D eigenvalue weighted by molar-refractivity contribution is 0.567. The van der Waals surface area contributed by atoms with Crippen LogP contribution >= 0.6 is 0 Å². The minimum Gasteiger partial charge on any atom is -0.310 e. The van der Waals surface area contributed by atoms with Gasteiger partial charge >= 0.3 is 0 Å². The quantitative estimate of drug-likeness (QED) is 0.830. The van der Waals surface area contributed by atoms with Crippen molar-refractivity contribution in [2.45, 2.75) is 19.4 Å². The molecule has 1 aromatic heterocycles. The molecule has 0 saturated carbocycles. The smallest absolute Gasteiger partial charge is 0.137 e. The van der Waals surface area contributed by atoms with Crippen molar-refractivity contribution in [1.29, 1.82) is 0 Å². The van der Waals surface area contributed by atoms with Crippen molar-refractivity contribution in [2.75, 3.05) is 6.54 Å². The topological polar surface area (TPSA) is 53.6 Å². The second-order valence-corrected chi connectivity index (χ2v) is 3.91. The highest BCUT2D eigenvalue weighted by Crippen LogP contribution is 2.12. The van der Waals surface area contributed by atoms with Gasteiger partial charge in [-0.25, -0.2) is 9.37 Å². The van der Waals surface area contributed by atoms with Crippen molar-refractivity contribution >= 4 is 0 Å². The third-order valence-electron chi connectivity index (χ3n) is 2.65. The van der Waals surface area contributed by atoms with Crippen LogP contribution in [0, 0.1) is 5.82 Å². The molecule has 0 bridgehead atoms. The molecule has 90 valence electrons. The van der Waals surface area contributed by atoms with Crippen molar-refractivity contribution in [2.24, 2.45) is 0 Å². The van der Waals surface area contributed by atoms with E-state index in [0.717, 1.165) is 24.4 Å². The summed E-state index contributed by atoms with van der Waals surface area (Å²) in [4.78, 5) is 4.04. The number of H-pyrrole nitrogens is 1. The van der Waals surface area contributed by atoms with E-state index in [9.17, 15) is 4.39 Å². The largest absolute Gasteiger partial charge is 0.310 e. The van der Waals surface area contributed by atoms with Crippen LogP contribution in [-0.4, -0.2) is 21.7 Å². The number of hydrogen-bond donors (Lipinski definition) is 2. The Morgan fingerprint density at radius 2 is 2.12 bits per heavy atom. The van der Waals surface area contributed by atoms with Crippen LogP contribution < -0.4 is 5.32 Å². The number of nitrogens with zero attached hydrogens (tertiary/aromatic N) is 2. The SMILES string of the molecule is CC(NCCc1ncn[nH]1)c1ccc(F)cc1. The van der Waals surface area contributed by atoms with E-state index in [1.54, 1.807) is 12.1 Å². The Bertz CT molecular complexity index is 438. The average molecular weight is 234 g/mol. The molecule has 0 aliphatic rings. The molecule has 0 amide bonds. The number of hydrogen-bond acceptors (Lipinski definition) is 3. The Labute approximate surface area is 99.3 Å². The lowest BCUT2D eigenvalue weighted by Crippen LogP contribution is -2.21. The summed E-state index contributed by atoms with van der Waals surface area (Å²) in [6.07, 6.45) is 2.30. The molecule has 5 heteroatoms. The second kappa shape index (κ2) is 5.54. The van der Waals surface area contributed by atoms with E-state index in [1.165, 1.54) is 18.5 Å². The normalized spacial score (nSPS) is 12.6. The minimum absolute atomic E-state index is 0.193. The second-order valence-electron chi connectivity index (χ2n) is 3.91. The molecule has 1 aromatic carbocycles. The predicted molar refractivity (Wildman–Crippen MR) is 62.9 cm³/mol. The Hall–Kier alpha value is -1.75. The highest BCUT2D eigenvalue weighted by Gasteiger charge is 2.04. The summed E-state index contributed by atoms with van der Waals surface area (Å²) in [5.41, 5.74) is 1.07. The van der Waals surface area contributed by atoms with E-state index in [-0.39, 0.29) is 11.9 Å². The van der Waals surface area contributed by atoms with Crippen LogP contribution in [0.1, 0.15) is 24.4 Å². The van der Waals surface area contributed by atoms with E-state index < -0.39 is 0 Å². The molecule has 0 spiro atoms. The first-order valence-electron chi connectivity index (χ1n) is 5.59. The maximum absolute atomic E-state index is 12.7. The number of halogens is 1. The summed E-state index contributed by atoms with van der Waals surface area (Å²) in [5, 5.41) is 9.94. The van der Waals surface area contributed by atoms with Gasteiger partial charge in [-0.2, -0.15) is 5.10 Å². The molecule has 0 aliphatic heterocycles. The fourth-order valence-electron chi connectivity index (χ4n) is 1.63. The standard InChI is InChI=1S/C12H15FN4/c1-9(10-2-4-11(13)5-3-10)14-7-6-12-15-8-16-17-12/h2-5,8-9,14H,6-7H2,1H3,(H,15,16,17). The fraction of sp³-hybridized carbons (Fsp3) is 0.333. The zero-order valence-corrected chi connectivity index (χ0v) is 9.65. The van der Waals surface area contributed by atoms with Gasteiger partial charge in [0.15, 0.2) is 0 Å². The van der Waals surface area contributed by atoms with Crippen LogP contribution in [0.3, 0.4) is 0 Å². The molecular weight excluding hydrogens is 219 g/mol. The van der Waals surface area contributed by atoms with E-state index in [0.29, 0.717) is 0 Å². The minimum atomic E-state index is -0.206. The van der Waals surface area contributed by atoms with Crippen molar-refractivity contribution < 1.29 is 4.39 Å². The van der Waals surface area contributed by atoms with Crippen LogP contribution in [0.4, 0.5) is 4.39 Å². The molecule has 2 aromatic rings. The summed E-state index contributed by atoms with van der Waals surface area (Å²) >= 11 is 0. The highest BCUT2D eigenvalue weighted by atomic mass is 19.1. The monoisotopic (exact) mass is 234 g/mol. The Morgan fingerprint density at radius 1 is 1.35 bits per heavy atom. The van der Waals surface area contributed by atoms with Crippen LogP contribution in [0.15, 0.2) is 30.6 Å². The lowest BCUT2D eigenvalue weighted by Gasteiger charge is -2.13. The molecule has 1 heterocycles. The Balaban J connectivity index is 1.81. The van der Waals surface area contributed by atoms with E-state index in [2.05, 4.69) is 20.5 Å². The molecule has 2 N–H and O–H groups in total. The Kier molecular flexibility index (Phi) is 3.82. The van der Waals surface area contributed by atoms with Gasteiger partial charge in [-0.1, -0.05) is 12.1 Å². The Morgan fingerprint density at radius 3 is 2.76 bits per heavy atom. The molecule has 17 heavy (non-hydrogen) atoms. The summed E-state index contributed by atoms with van der Waals surface area (Å²) in [6, 6.07) is 6.73. The number of benzene rings is 1. The summed E-state index contributed by atoms with van der Waals surface area (Å²) in [5.74, 6) is 0.659. The van der Waals surface area contributed by atoms with Crippen LogP contribution in [0.2, 0.25) is 0 Å². The number of rotatable bonds is 5. The summed E-state index contributed by atoms with van der Waals surface area (Å²) in [6.45, 7) is 2.85. The fourth-order valence-corrected chi connectivity index (χ4v) is 1.63. The van der Waals surface area contributed by atoms with Gasteiger partial charge in [-0.05, 0) is 24.6 Å². The molecule has 1 unspecified atom stereocenters. The number of aromatic amines is 1. The molecule has 4 nitrogen and oxygen atoms in total. The van der Waals surface area contributed by atoms with E-state index in [1.807, 2.05) is 6.92 Å². The van der Waals surface area contributed by atoms with Crippen LogP contribution in [0.5, 0.6) is 0 Å². The van der Waals surface area contributed by atoms with Crippen LogP contribution in [-0.2, 0) is 6.42 Å². The highest BCUT2D eigenvalue weighted by molar-refractivity contribution is 5.19. The third kappa shape index (κ3) is 3.35. The van der Waals surface area contributed by atoms with Crippen LogP contribution in [0.25, 0.3) is 0 Å². The maximum Gasteiger partial charge on any atom is 0.137 e. The van der Waals surface area contributed by atoms with Gasteiger partial charge in [-0.3, -0.25) is 5.10 Å². The first kappa shape index (κ1) is 11.7. The van der Waals surface area contributed by atoms with Gasteiger partial charge in [0.2, 0.25) is 0 Å². The summed E-state index contributed by atoms with van der Waals surface area (Å²) < 4.78 is 12.7. The maximum atomic E-state index is 12.7. The molecule has 0 radical (unpaired) electrons. The molecule has 0 fully saturated rings. The van der Waals surface area contributed by atoms with Crippen molar-refractivity contribution in [3.05, 3.63) is 47.8 Å². The molecule has 2 rings (SSSR count). The van der Waals surface area contributed by atoms with E-state index in [4.69, 9.17) is 0 Å². The number of nitrogens with one attached hydrogen (secondary N) is 2. The van der Waals surface area contributed by atoms with Crippen molar-refractivity contribution in [3.8, 4) is 0 Å². The van der Waals surface area contributed by atoms with Gasteiger partial charge < -0.3 is 5.32 Å². The van der Waals surface area contributed by atoms with Gasteiger partial charge in [0, 0.05) is 19.0 Å². The van der Waals surface area contributed by atoms with Gasteiger partial charge in [0.25, 0.3) is 0 Å². The summed E-state index contributed by atoms with van der Waals surface area (Å²) in [7, 11) is 0. The number of aromatic nitrogens is 3. The molecule has 0 aliphatic carbocycles. The molecule has 0 saturated heterocycles.